The predicted octanol–water partition coefficient (Wildman–Crippen LogP) is 5.05. The lowest BCUT2D eigenvalue weighted by atomic mass is 10.1. The van der Waals surface area contributed by atoms with Crippen molar-refractivity contribution in [3.63, 3.8) is 0 Å². The van der Waals surface area contributed by atoms with Gasteiger partial charge >= 0.3 is 0 Å². The highest BCUT2D eigenvalue weighted by molar-refractivity contribution is 9.10. The highest BCUT2D eigenvalue weighted by atomic mass is 79.9. The standard InChI is InChI=1S/C16H17BrFNO/c1-3-19-11(2)15-9-12(17)7-8-16(15)20-14-6-4-5-13(18)10-14/h4-11,19H,3H2,1-2H3. The van der Waals surface area contributed by atoms with Crippen molar-refractivity contribution in [2.75, 3.05) is 6.54 Å². The molecule has 0 aliphatic carbocycles. The van der Waals surface area contributed by atoms with Gasteiger partial charge in [0.2, 0.25) is 0 Å². The zero-order valence-electron chi connectivity index (χ0n) is 11.5. The first kappa shape index (κ1) is 15.0. The van der Waals surface area contributed by atoms with E-state index in [0.717, 1.165) is 22.3 Å². The van der Waals surface area contributed by atoms with E-state index in [9.17, 15) is 4.39 Å². The third-order valence-electron chi connectivity index (χ3n) is 2.97. The van der Waals surface area contributed by atoms with Crippen LogP contribution in [0.15, 0.2) is 46.9 Å². The fourth-order valence-electron chi connectivity index (χ4n) is 2.02. The van der Waals surface area contributed by atoms with Crippen LogP contribution >= 0.6 is 15.9 Å². The van der Waals surface area contributed by atoms with Crippen molar-refractivity contribution in [3.05, 3.63) is 58.3 Å². The SMILES string of the molecule is CCNC(C)c1cc(Br)ccc1Oc1cccc(F)c1. The van der Waals surface area contributed by atoms with Gasteiger partial charge in [0.25, 0.3) is 0 Å². The van der Waals surface area contributed by atoms with Gasteiger partial charge in [-0.2, -0.15) is 0 Å². The minimum Gasteiger partial charge on any atom is -0.457 e. The van der Waals surface area contributed by atoms with Crippen LogP contribution in [0.1, 0.15) is 25.5 Å². The molecule has 0 aromatic heterocycles. The highest BCUT2D eigenvalue weighted by Crippen LogP contribution is 2.32. The normalized spacial score (nSPS) is 12.2. The van der Waals surface area contributed by atoms with Crippen molar-refractivity contribution in [3.8, 4) is 11.5 Å². The summed E-state index contributed by atoms with van der Waals surface area (Å²) in [6.45, 7) is 5.00. The lowest BCUT2D eigenvalue weighted by Gasteiger charge is -2.18. The first-order valence-corrected chi connectivity index (χ1v) is 7.35. The van der Waals surface area contributed by atoms with Gasteiger partial charge in [-0.1, -0.05) is 28.9 Å². The van der Waals surface area contributed by atoms with Crippen LogP contribution in [0.4, 0.5) is 4.39 Å². The van der Waals surface area contributed by atoms with Gasteiger partial charge in [0.1, 0.15) is 17.3 Å². The third-order valence-corrected chi connectivity index (χ3v) is 3.47. The van der Waals surface area contributed by atoms with Gasteiger partial charge in [-0.15, -0.1) is 0 Å². The fourth-order valence-corrected chi connectivity index (χ4v) is 2.40. The largest absolute Gasteiger partial charge is 0.457 e. The van der Waals surface area contributed by atoms with Gasteiger partial charge < -0.3 is 10.1 Å². The van der Waals surface area contributed by atoms with E-state index in [0.29, 0.717) is 5.75 Å². The molecule has 0 aliphatic rings. The van der Waals surface area contributed by atoms with E-state index in [1.165, 1.54) is 12.1 Å². The number of nitrogens with one attached hydrogen (secondary N) is 1. The molecule has 2 rings (SSSR count). The van der Waals surface area contributed by atoms with Gasteiger partial charge in [0.15, 0.2) is 0 Å². The van der Waals surface area contributed by atoms with E-state index < -0.39 is 0 Å². The summed E-state index contributed by atoms with van der Waals surface area (Å²) in [5, 5.41) is 3.35. The first-order valence-electron chi connectivity index (χ1n) is 6.56. The Bertz CT molecular complexity index is 588. The Balaban J connectivity index is 2.31. The zero-order chi connectivity index (χ0) is 14.5. The van der Waals surface area contributed by atoms with Crippen molar-refractivity contribution in [2.45, 2.75) is 19.9 Å². The Morgan fingerprint density at radius 3 is 2.75 bits per heavy atom. The lowest BCUT2D eigenvalue weighted by Crippen LogP contribution is -2.18. The molecule has 0 spiro atoms. The molecule has 0 amide bonds. The molecule has 0 heterocycles. The van der Waals surface area contributed by atoms with Crippen LogP contribution in [0.5, 0.6) is 11.5 Å². The van der Waals surface area contributed by atoms with Crippen LogP contribution in [-0.2, 0) is 0 Å². The van der Waals surface area contributed by atoms with Gasteiger partial charge in [-0.3, -0.25) is 0 Å². The Morgan fingerprint density at radius 1 is 1.25 bits per heavy atom. The number of hydrogen-bond donors (Lipinski definition) is 1. The van der Waals surface area contributed by atoms with Crippen molar-refractivity contribution in [1.29, 1.82) is 0 Å². The average Bonchev–Trinajstić information content (AvgIpc) is 2.41. The Labute approximate surface area is 127 Å². The smallest absolute Gasteiger partial charge is 0.132 e. The number of benzene rings is 2. The van der Waals surface area contributed by atoms with Crippen LogP contribution in [-0.4, -0.2) is 6.54 Å². The molecule has 0 saturated heterocycles. The molecule has 0 radical (unpaired) electrons. The molecule has 2 aromatic carbocycles. The second-order valence-corrected chi connectivity index (χ2v) is 5.44. The maximum atomic E-state index is 13.2. The van der Waals surface area contributed by atoms with E-state index in [4.69, 9.17) is 4.74 Å². The van der Waals surface area contributed by atoms with Gasteiger partial charge in [-0.05, 0) is 43.8 Å². The number of ether oxygens (including phenoxy) is 1. The second-order valence-electron chi connectivity index (χ2n) is 4.52. The van der Waals surface area contributed by atoms with Crippen molar-refractivity contribution in [1.82, 2.24) is 5.32 Å². The summed E-state index contributed by atoms with van der Waals surface area (Å²) in [5.74, 6) is 0.922. The Kier molecular flexibility index (Phi) is 5.15. The molecule has 106 valence electrons. The molecule has 0 bridgehead atoms. The van der Waals surface area contributed by atoms with E-state index >= 15 is 0 Å². The predicted molar refractivity (Wildman–Crippen MR) is 82.7 cm³/mol. The molecule has 1 N–H and O–H groups in total. The zero-order valence-corrected chi connectivity index (χ0v) is 13.1. The topological polar surface area (TPSA) is 21.3 Å². The van der Waals surface area contributed by atoms with E-state index in [2.05, 4.69) is 35.1 Å². The molecule has 20 heavy (non-hydrogen) atoms. The molecular weight excluding hydrogens is 321 g/mol. The molecule has 1 unspecified atom stereocenters. The summed E-state index contributed by atoms with van der Waals surface area (Å²) in [5.41, 5.74) is 1.03. The van der Waals surface area contributed by atoms with Crippen LogP contribution in [0.25, 0.3) is 0 Å². The summed E-state index contributed by atoms with van der Waals surface area (Å²) in [6.07, 6.45) is 0. The van der Waals surface area contributed by atoms with Gasteiger partial charge in [-0.25, -0.2) is 4.39 Å². The summed E-state index contributed by atoms with van der Waals surface area (Å²) in [7, 11) is 0. The number of rotatable bonds is 5. The maximum absolute atomic E-state index is 13.2. The summed E-state index contributed by atoms with van der Waals surface area (Å²) < 4.78 is 20.0. The minimum atomic E-state index is -0.305. The van der Waals surface area contributed by atoms with Crippen molar-refractivity contribution >= 4 is 15.9 Å². The Hall–Kier alpha value is -1.39. The summed E-state index contributed by atoms with van der Waals surface area (Å²) in [4.78, 5) is 0. The van der Waals surface area contributed by atoms with E-state index in [1.54, 1.807) is 12.1 Å². The molecule has 2 aromatic rings. The molecule has 0 aliphatic heterocycles. The van der Waals surface area contributed by atoms with Crippen LogP contribution in [0.3, 0.4) is 0 Å². The molecule has 2 nitrogen and oxygen atoms in total. The van der Waals surface area contributed by atoms with E-state index in [1.807, 2.05) is 18.2 Å². The number of halogens is 2. The maximum Gasteiger partial charge on any atom is 0.132 e. The third kappa shape index (κ3) is 3.81. The summed E-state index contributed by atoms with van der Waals surface area (Å²) >= 11 is 3.47. The van der Waals surface area contributed by atoms with Gasteiger partial charge in [0.05, 0.1) is 0 Å². The molecule has 0 fully saturated rings. The molecule has 0 saturated carbocycles. The monoisotopic (exact) mass is 337 g/mol. The molecule has 4 heteroatoms. The number of hydrogen-bond acceptors (Lipinski definition) is 2. The van der Waals surface area contributed by atoms with Gasteiger partial charge in [0, 0.05) is 22.1 Å². The first-order chi connectivity index (χ1) is 9.60. The van der Waals surface area contributed by atoms with Crippen molar-refractivity contribution in [2.24, 2.45) is 0 Å². The average molecular weight is 338 g/mol. The second kappa shape index (κ2) is 6.86. The van der Waals surface area contributed by atoms with Crippen LogP contribution in [0.2, 0.25) is 0 Å². The van der Waals surface area contributed by atoms with Crippen molar-refractivity contribution < 1.29 is 9.13 Å². The molecule has 1 atom stereocenters. The lowest BCUT2D eigenvalue weighted by molar-refractivity contribution is 0.458. The quantitative estimate of drug-likeness (QED) is 0.824. The highest BCUT2D eigenvalue weighted by Gasteiger charge is 2.12. The fraction of sp³-hybridized carbons (Fsp3) is 0.250. The van der Waals surface area contributed by atoms with Crippen LogP contribution in [0, 0.1) is 5.82 Å². The molecular formula is C16H17BrFNO. The minimum absolute atomic E-state index is 0.154. The van der Waals surface area contributed by atoms with Crippen LogP contribution < -0.4 is 10.1 Å². The Morgan fingerprint density at radius 2 is 2.05 bits per heavy atom. The van der Waals surface area contributed by atoms with E-state index in [-0.39, 0.29) is 11.9 Å². The summed E-state index contributed by atoms with van der Waals surface area (Å²) in [6, 6.07) is 12.1.